The average Bonchev–Trinajstić information content (AvgIpc) is 2.35. The summed E-state index contributed by atoms with van der Waals surface area (Å²) in [5.74, 6) is -0.250. The number of rotatable bonds is 3. The second kappa shape index (κ2) is 5.40. The molecule has 0 unspecified atom stereocenters. The third-order valence-corrected chi connectivity index (χ3v) is 3.21. The predicted octanol–water partition coefficient (Wildman–Crippen LogP) is 4.33. The van der Waals surface area contributed by atoms with Gasteiger partial charge in [0.25, 0.3) is 0 Å². The van der Waals surface area contributed by atoms with Crippen molar-refractivity contribution >= 4 is 33.0 Å². The molecule has 0 saturated heterocycles. The van der Waals surface area contributed by atoms with Crippen molar-refractivity contribution in [2.24, 2.45) is 0 Å². The van der Waals surface area contributed by atoms with Gasteiger partial charge in [-0.05, 0) is 43.3 Å². The minimum absolute atomic E-state index is 0.250. The van der Waals surface area contributed by atoms with Gasteiger partial charge >= 0.3 is 0 Å². The van der Waals surface area contributed by atoms with Gasteiger partial charge in [-0.1, -0.05) is 22.0 Å². The van der Waals surface area contributed by atoms with Crippen LogP contribution in [0.15, 0.2) is 46.9 Å². The summed E-state index contributed by atoms with van der Waals surface area (Å²) in [5.41, 5.74) is 8.32. The Morgan fingerprint density at radius 1 is 1.22 bits per heavy atom. The van der Waals surface area contributed by atoms with Crippen LogP contribution in [0.25, 0.3) is 0 Å². The Morgan fingerprint density at radius 3 is 2.67 bits per heavy atom. The van der Waals surface area contributed by atoms with Crippen molar-refractivity contribution in [1.29, 1.82) is 0 Å². The Morgan fingerprint density at radius 2 is 2.00 bits per heavy atom. The molecular weight excluding hydrogens is 295 g/mol. The Balaban J connectivity index is 2.48. The number of halogens is 2. The van der Waals surface area contributed by atoms with Crippen LogP contribution >= 0.6 is 15.9 Å². The first kappa shape index (κ1) is 12.9. The van der Waals surface area contributed by atoms with Crippen molar-refractivity contribution in [3.05, 3.63) is 52.8 Å². The van der Waals surface area contributed by atoms with Crippen molar-refractivity contribution in [1.82, 2.24) is 0 Å². The fourth-order valence-corrected chi connectivity index (χ4v) is 2.24. The van der Waals surface area contributed by atoms with Gasteiger partial charge in [-0.3, -0.25) is 0 Å². The van der Waals surface area contributed by atoms with Gasteiger partial charge < -0.3 is 10.6 Å². The van der Waals surface area contributed by atoms with Crippen molar-refractivity contribution in [2.45, 2.75) is 6.92 Å². The molecular formula is C14H14BrFN2. The van der Waals surface area contributed by atoms with Gasteiger partial charge in [-0.25, -0.2) is 4.39 Å². The smallest absolute Gasteiger partial charge is 0.125 e. The monoisotopic (exact) mass is 308 g/mol. The molecule has 0 atom stereocenters. The Bertz CT molecular complexity index is 557. The Labute approximate surface area is 114 Å². The van der Waals surface area contributed by atoms with Gasteiger partial charge in [0.15, 0.2) is 0 Å². The highest BCUT2D eigenvalue weighted by Gasteiger charge is 2.11. The summed E-state index contributed by atoms with van der Waals surface area (Å²) in [6.07, 6.45) is 0. The van der Waals surface area contributed by atoms with Gasteiger partial charge in [0.1, 0.15) is 5.82 Å². The third kappa shape index (κ3) is 2.64. The summed E-state index contributed by atoms with van der Waals surface area (Å²) in [7, 11) is 0. The van der Waals surface area contributed by atoms with E-state index in [0.717, 1.165) is 15.8 Å². The fourth-order valence-electron chi connectivity index (χ4n) is 1.89. The second-order valence-electron chi connectivity index (χ2n) is 3.93. The molecule has 0 aliphatic carbocycles. The van der Waals surface area contributed by atoms with Crippen LogP contribution in [0.5, 0.6) is 0 Å². The summed E-state index contributed by atoms with van der Waals surface area (Å²) in [6, 6.07) is 12.2. The molecule has 0 aromatic heterocycles. The van der Waals surface area contributed by atoms with E-state index in [9.17, 15) is 4.39 Å². The Kier molecular flexibility index (Phi) is 3.87. The maximum atomic E-state index is 13.3. The maximum absolute atomic E-state index is 13.3. The van der Waals surface area contributed by atoms with Gasteiger partial charge in [-0.2, -0.15) is 0 Å². The SMILES string of the molecule is CCN(c1cccc(F)c1)c1cc(Br)ccc1N. The molecule has 0 aliphatic rings. The molecule has 2 nitrogen and oxygen atoms in total. The molecule has 0 saturated carbocycles. The highest BCUT2D eigenvalue weighted by atomic mass is 79.9. The van der Waals surface area contributed by atoms with Crippen LogP contribution in [-0.2, 0) is 0 Å². The van der Waals surface area contributed by atoms with Crippen LogP contribution in [0.1, 0.15) is 6.92 Å². The zero-order valence-electron chi connectivity index (χ0n) is 10.0. The molecule has 4 heteroatoms. The lowest BCUT2D eigenvalue weighted by Gasteiger charge is -2.25. The number of hydrogen-bond donors (Lipinski definition) is 1. The minimum Gasteiger partial charge on any atom is -0.397 e. The van der Waals surface area contributed by atoms with Crippen LogP contribution in [-0.4, -0.2) is 6.54 Å². The molecule has 94 valence electrons. The zero-order chi connectivity index (χ0) is 13.1. The molecule has 2 aromatic rings. The number of anilines is 3. The van der Waals surface area contributed by atoms with E-state index >= 15 is 0 Å². The van der Waals surface area contributed by atoms with Crippen LogP contribution < -0.4 is 10.6 Å². The molecule has 0 fully saturated rings. The van der Waals surface area contributed by atoms with Crippen LogP contribution in [0, 0.1) is 5.82 Å². The molecule has 0 amide bonds. The van der Waals surface area contributed by atoms with Crippen molar-refractivity contribution in [3.63, 3.8) is 0 Å². The lowest BCUT2D eigenvalue weighted by molar-refractivity contribution is 0.627. The standard InChI is InChI=1S/C14H14BrFN2/c1-2-18(12-5-3-4-11(16)9-12)14-8-10(15)6-7-13(14)17/h3-9H,2,17H2,1H3. The Hall–Kier alpha value is -1.55. The van der Waals surface area contributed by atoms with E-state index in [0.29, 0.717) is 12.2 Å². The number of nitrogens with two attached hydrogens (primary N) is 1. The molecule has 0 spiro atoms. The second-order valence-corrected chi connectivity index (χ2v) is 4.84. The first-order valence-corrected chi connectivity index (χ1v) is 6.49. The number of nitrogen functional groups attached to an aromatic ring is 1. The van der Waals surface area contributed by atoms with Gasteiger partial charge in [0.05, 0.1) is 11.4 Å². The van der Waals surface area contributed by atoms with E-state index < -0.39 is 0 Å². The van der Waals surface area contributed by atoms with E-state index in [1.54, 1.807) is 6.07 Å². The molecule has 0 bridgehead atoms. The highest BCUT2D eigenvalue weighted by Crippen LogP contribution is 2.32. The summed E-state index contributed by atoms with van der Waals surface area (Å²) < 4.78 is 14.2. The third-order valence-electron chi connectivity index (χ3n) is 2.72. The first-order chi connectivity index (χ1) is 8.61. The van der Waals surface area contributed by atoms with Crippen LogP contribution in [0.4, 0.5) is 21.5 Å². The number of hydrogen-bond acceptors (Lipinski definition) is 2. The molecule has 18 heavy (non-hydrogen) atoms. The topological polar surface area (TPSA) is 29.3 Å². The quantitative estimate of drug-likeness (QED) is 0.855. The minimum atomic E-state index is -0.250. The summed E-state index contributed by atoms with van der Waals surface area (Å²) in [5, 5.41) is 0. The van der Waals surface area contributed by atoms with Crippen LogP contribution in [0.3, 0.4) is 0 Å². The van der Waals surface area contributed by atoms with Crippen LogP contribution in [0.2, 0.25) is 0 Å². The number of benzene rings is 2. The summed E-state index contributed by atoms with van der Waals surface area (Å²) in [6.45, 7) is 2.72. The van der Waals surface area contributed by atoms with E-state index in [1.807, 2.05) is 36.1 Å². The normalized spacial score (nSPS) is 10.4. The van der Waals surface area contributed by atoms with E-state index in [1.165, 1.54) is 12.1 Å². The van der Waals surface area contributed by atoms with Gasteiger partial charge in [-0.15, -0.1) is 0 Å². The predicted molar refractivity (Wildman–Crippen MR) is 77.6 cm³/mol. The molecule has 0 heterocycles. The lowest BCUT2D eigenvalue weighted by atomic mass is 10.2. The van der Waals surface area contributed by atoms with Crippen molar-refractivity contribution in [3.8, 4) is 0 Å². The zero-order valence-corrected chi connectivity index (χ0v) is 11.6. The van der Waals surface area contributed by atoms with E-state index in [2.05, 4.69) is 15.9 Å². The molecule has 0 aliphatic heterocycles. The van der Waals surface area contributed by atoms with Gasteiger partial charge in [0, 0.05) is 16.7 Å². The lowest BCUT2D eigenvalue weighted by Crippen LogP contribution is -2.17. The summed E-state index contributed by atoms with van der Waals surface area (Å²) in [4.78, 5) is 1.98. The fraction of sp³-hybridized carbons (Fsp3) is 0.143. The number of nitrogens with zero attached hydrogens (tertiary/aromatic N) is 1. The van der Waals surface area contributed by atoms with E-state index in [-0.39, 0.29) is 5.82 Å². The summed E-state index contributed by atoms with van der Waals surface area (Å²) >= 11 is 3.42. The van der Waals surface area contributed by atoms with Gasteiger partial charge in [0.2, 0.25) is 0 Å². The van der Waals surface area contributed by atoms with Crippen molar-refractivity contribution < 1.29 is 4.39 Å². The maximum Gasteiger partial charge on any atom is 0.125 e. The van der Waals surface area contributed by atoms with E-state index in [4.69, 9.17) is 5.73 Å². The molecule has 0 radical (unpaired) electrons. The van der Waals surface area contributed by atoms with Crippen molar-refractivity contribution in [2.75, 3.05) is 17.2 Å². The molecule has 2 N–H and O–H groups in total. The highest BCUT2D eigenvalue weighted by molar-refractivity contribution is 9.10. The largest absolute Gasteiger partial charge is 0.397 e. The molecule has 2 rings (SSSR count). The average molecular weight is 309 g/mol. The first-order valence-electron chi connectivity index (χ1n) is 5.70. The molecule has 2 aromatic carbocycles.